The highest BCUT2D eigenvalue weighted by Crippen LogP contribution is 2.01. The van der Waals surface area contributed by atoms with Crippen molar-refractivity contribution < 1.29 is 9.90 Å². The molecule has 1 rings (SSSR count). The van der Waals surface area contributed by atoms with E-state index in [0.29, 0.717) is 11.1 Å². The van der Waals surface area contributed by atoms with Crippen molar-refractivity contribution >= 4 is 6.29 Å². The molecule has 0 aromatic heterocycles. The molecule has 1 aromatic carbocycles. The second-order valence-corrected chi connectivity index (χ2v) is 2.00. The van der Waals surface area contributed by atoms with Crippen LogP contribution in [0.25, 0.3) is 0 Å². The number of carbonyl (C=O) groups excluding carboxylic acids is 1. The van der Waals surface area contributed by atoms with Crippen LogP contribution >= 0.6 is 0 Å². The molecule has 0 N–H and O–H groups in total. The molecule has 0 aliphatic carbocycles. The van der Waals surface area contributed by atoms with Crippen molar-refractivity contribution in [2.24, 2.45) is 0 Å². The quantitative estimate of drug-likeness (QED) is 0.565. The number of hydrogen-bond donors (Lipinski definition) is 0. The zero-order valence-electron chi connectivity index (χ0n) is 5.41. The first-order chi connectivity index (χ1) is 4.86. The Labute approximate surface area is 59.1 Å². The predicted molar refractivity (Wildman–Crippen MR) is 36.2 cm³/mol. The van der Waals surface area contributed by atoms with Gasteiger partial charge in [-0.25, -0.2) is 5.11 Å². The molecule has 0 unspecified atom stereocenters. The predicted octanol–water partition coefficient (Wildman–Crippen LogP) is 1.43. The minimum Gasteiger partial charge on any atom is -0.298 e. The van der Waals surface area contributed by atoms with Gasteiger partial charge in [0.2, 0.25) is 0 Å². The summed E-state index contributed by atoms with van der Waals surface area (Å²) >= 11 is 0. The van der Waals surface area contributed by atoms with E-state index in [-0.39, 0.29) is 6.61 Å². The third-order valence-electron chi connectivity index (χ3n) is 1.28. The van der Waals surface area contributed by atoms with Gasteiger partial charge in [0.15, 0.2) is 0 Å². The van der Waals surface area contributed by atoms with Crippen LogP contribution in [0.4, 0.5) is 0 Å². The highest BCUT2D eigenvalue weighted by atomic mass is 16.3. The molecule has 0 heterocycles. The van der Waals surface area contributed by atoms with Gasteiger partial charge in [-0.05, 0) is 5.56 Å². The number of aldehydes is 1. The fourth-order valence-electron chi connectivity index (χ4n) is 0.692. The molecule has 51 valence electrons. The van der Waals surface area contributed by atoms with Gasteiger partial charge >= 0.3 is 0 Å². The van der Waals surface area contributed by atoms with Crippen LogP contribution in [0.5, 0.6) is 0 Å². The zero-order valence-corrected chi connectivity index (χ0v) is 5.41. The first kappa shape index (κ1) is 6.96. The van der Waals surface area contributed by atoms with Crippen LogP contribution < -0.4 is 0 Å². The van der Waals surface area contributed by atoms with Crippen LogP contribution in [0.3, 0.4) is 0 Å². The summed E-state index contributed by atoms with van der Waals surface area (Å²) < 4.78 is 0. The van der Waals surface area contributed by atoms with Gasteiger partial charge in [0, 0.05) is 5.56 Å². The Morgan fingerprint density at radius 1 is 1.20 bits per heavy atom. The van der Waals surface area contributed by atoms with E-state index in [0.717, 1.165) is 6.29 Å². The summed E-state index contributed by atoms with van der Waals surface area (Å²) in [5.41, 5.74) is 1.32. The van der Waals surface area contributed by atoms with Crippen molar-refractivity contribution in [1.29, 1.82) is 0 Å². The highest BCUT2D eigenvalue weighted by molar-refractivity contribution is 5.74. The Hall–Kier alpha value is -1.15. The summed E-state index contributed by atoms with van der Waals surface area (Å²) in [6.07, 6.45) is 0.759. The summed E-state index contributed by atoms with van der Waals surface area (Å²) in [5.74, 6) is 0. The maximum Gasteiger partial charge on any atom is 0.150 e. The average molecular weight is 135 g/mol. The Morgan fingerprint density at radius 3 is 2.20 bits per heavy atom. The van der Waals surface area contributed by atoms with E-state index in [4.69, 9.17) is 0 Å². The van der Waals surface area contributed by atoms with Crippen molar-refractivity contribution in [3.63, 3.8) is 0 Å². The van der Waals surface area contributed by atoms with Crippen LogP contribution in [0.15, 0.2) is 24.3 Å². The highest BCUT2D eigenvalue weighted by Gasteiger charge is 1.90. The summed E-state index contributed by atoms with van der Waals surface area (Å²) in [5, 5.41) is 10.2. The molecule has 0 saturated heterocycles. The van der Waals surface area contributed by atoms with Gasteiger partial charge in [0.25, 0.3) is 0 Å². The lowest BCUT2D eigenvalue weighted by molar-refractivity contribution is 0.112. The third-order valence-corrected chi connectivity index (χ3v) is 1.28. The molecule has 0 atom stereocenters. The van der Waals surface area contributed by atoms with Gasteiger partial charge in [-0.1, -0.05) is 24.3 Å². The van der Waals surface area contributed by atoms with Gasteiger partial charge in [0.05, 0.1) is 0 Å². The third kappa shape index (κ3) is 1.42. The molecule has 10 heavy (non-hydrogen) atoms. The fraction of sp³-hybridized carbons (Fsp3) is 0.125. The number of rotatable bonds is 2. The van der Waals surface area contributed by atoms with Crippen molar-refractivity contribution in [3.8, 4) is 0 Å². The van der Waals surface area contributed by atoms with E-state index in [9.17, 15) is 9.90 Å². The van der Waals surface area contributed by atoms with E-state index in [2.05, 4.69) is 0 Å². The fourth-order valence-corrected chi connectivity index (χ4v) is 0.692. The number of carbonyl (C=O) groups is 1. The van der Waals surface area contributed by atoms with Crippen LogP contribution in [-0.4, -0.2) is 6.29 Å². The molecule has 1 aromatic rings. The molecular formula is C8H7O2. The Kier molecular flexibility index (Phi) is 2.18. The maximum atomic E-state index is 10.2. The van der Waals surface area contributed by atoms with Gasteiger partial charge < -0.3 is 0 Å². The molecule has 0 amide bonds. The van der Waals surface area contributed by atoms with Crippen LogP contribution in [-0.2, 0) is 11.7 Å². The molecule has 0 spiro atoms. The van der Waals surface area contributed by atoms with E-state index in [1.54, 1.807) is 24.3 Å². The van der Waals surface area contributed by atoms with Crippen LogP contribution in [0.2, 0.25) is 0 Å². The molecule has 0 aliphatic heterocycles. The Bertz CT molecular complexity index is 213. The minimum absolute atomic E-state index is 0.223. The lowest BCUT2D eigenvalue weighted by atomic mass is 10.2. The lowest BCUT2D eigenvalue weighted by Crippen LogP contribution is -1.82. The average Bonchev–Trinajstić information content (AvgIpc) is 2.05. The van der Waals surface area contributed by atoms with E-state index in [1.807, 2.05) is 0 Å². The SMILES string of the molecule is [O]Cc1ccc(C=O)cc1. The summed E-state index contributed by atoms with van der Waals surface area (Å²) in [4.78, 5) is 10.1. The Morgan fingerprint density at radius 2 is 1.80 bits per heavy atom. The molecule has 0 saturated carbocycles. The first-order valence-corrected chi connectivity index (χ1v) is 2.99. The van der Waals surface area contributed by atoms with Gasteiger partial charge in [-0.3, -0.25) is 4.79 Å². The standard InChI is InChI=1S/C8H7O2/c9-5-7-1-2-8(6-10)4-3-7/h1-5H,6H2. The zero-order chi connectivity index (χ0) is 7.40. The van der Waals surface area contributed by atoms with E-state index >= 15 is 0 Å². The molecule has 0 fully saturated rings. The van der Waals surface area contributed by atoms with Crippen molar-refractivity contribution in [1.82, 2.24) is 0 Å². The van der Waals surface area contributed by atoms with Gasteiger partial charge in [-0.2, -0.15) is 0 Å². The van der Waals surface area contributed by atoms with Crippen LogP contribution in [0.1, 0.15) is 15.9 Å². The first-order valence-electron chi connectivity index (χ1n) is 2.99. The molecular weight excluding hydrogens is 128 g/mol. The van der Waals surface area contributed by atoms with E-state index in [1.165, 1.54) is 0 Å². The number of hydrogen-bond acceptors (Lipinski definition) is 1. The van der Waals surface area contributed by atoms with Crippen molar-refractivity contribution in [2.45, 2.75) is 6.61 Å². The van der Waals surface area contributed by atoms with Gasteiger partial charge in [-0.15, -0.1) is 0 Å². The molecule has 0 bridgehead atoms. The molecule has 2 nitrogen and oxygen atoms in total. The Balaban J connectivity index is 2.90. The van der Waals surface area contributed by atoms with Crippen LogP contribution in [0, 0.1) is 0 Å². The normalized spacial score (nSPS) is 9.30. The minimum atomic E-state index is -0.223. The monoisotopic (exact) mass is 135 g/mol. The van der Waals surface area contributed by atoms with Crippen molar-refractivity contribution in [3.05, 3.63) is 35.4 Å². The van der Waals surface area contributed by atoms with Crippen molar-refractivity contribution in [2.75, 3.05) is 0 Å². The maximum absolute atomic E-state index is 10.2. The molecule has 0 aliphatic rings. The summed E-state index contributed by atoms with van der Waals surface area (Å²) in [6.45, 7) is -0.223. The summed E-state index contributed by atoms with van der Waals surface area (Å²) in [7, 11) is 0. The smallest absolute Gasteiger partial charge is 0.150 e. The second kappa shape index (κ2) is 3.13. The lowest BCUT2D eigenvalue weighted by Gasteiger charge is -1.92. The topological polar surface area (TPSA) is 37.0 Å². The summed E-state index contributed by atoms with van der Waals surface area (Å²) in [6, 6.07) is 6.61. The molecule has 2 heteroatoms. The van der Waals surface area contributed by atoms with Gasteiger partial charge in [0.1, 0.15) is 12.9 Å². The number of benzene rings is 1. The molecule has 1 radical (unpaired) electrons. The second-order valence-electron chi connectivity index (χ2n) is 2.00. The van der Waals surface area contributed by atoms with E-state index < -0.39 is 0 Å². The largest absolute Gasteiger partial charge is 0.298 e.